The number of nitriles is 1. The Labute approximate surface area is 483 Å². The van der Waals surface area contributed by atoms with Crippen molar-refractivity contribution >= 4 is 72.0 Å². The van der Waals surface area contributed by atoms with Crippen LogP contribution in [0.15, 0.2) is 267 Å². The number of para-hydroxylation sites is 6. The Kier molecular flexibility index (Phi) is 10.6. The third-order valence-corrected chi connectivity index (χ3v) is 17.1. The normalized spacial score (nSPS) is 14.3. The second kappa shape index (κ2) is 18.8. The Morgan fingerprint density at radius 1 is 0.417 bits per heavy atom. The molecule has 5 aromatic heterocycles. The van der Waals surface area contributed by atoms with Gasteiger partial charge in [0.05, 0.1) is 62.7 Å². The summed E-state index contributed by atoms with van der Waals surface area (Å²) >= 11 is 0. The first-order chi connectivity index (χ1) is 41.7. The number of hydrogen-bond donors (Lipinski definition) is 0. The lowest BCUT2D eigenvalue weighted by molar-refractivity contribution is 0.692. The second-order valence-corrected chi connectivity index (χ2v) is 21.6. The first-order valence-electron chi connectivity index (χ1n) is 28.3. The van der Waals surface area contributed by atoms with E-state index in [0.29, 0.717) is 28.6 Å². The van der Waals surface area contributed by atoms with Crippen LogP contribution in [0.4, 0.5) is 11.4 Å². The molecular weight excluding hydrogens is 1030 g/mol. The number of aromatic nitrogens is 7. The van der Waals surface area contributed by atoms with Crippen molar-refractivity contribution in [3.05, 3.63) is 290 Å². The van der Waals surface area contributed by atoms with Gasteiger partial charge in [-0.1, -0.05) is 188 Å². The van der Waals surface area contributed by atoms with Gasteiger partial charge in [-0.3, -0.25) is 4.98 Å². The predicted molar refractivity (Wildman–Crippen MR) is 339 cm³/mol. The predicted octanol–water partition coefficient (Wildman–Crippen LogP) is 17.6. The van der Waals surface area contributed by atoms with Crippen LogP contribution < -0.4 is 4.90 Å². The molecular formula is C75H47N9. The maximum Gasteiger partial charge on any atom is 0.164 e. The lowest BCUT2D eigenvalue weighted by atomic mass is 9.84. The minimum absolute atomic E-state index is 0.0103. The van der Waals surface area contributed by atoms with E-state index < -0.39 is 0 Å². The van der Waals surface area contributed by atoms with E-state index in [4.69, 9.17) is 19.9 Å². The molecule has 84 heavy (non-hydrogen) atoms. The van der Waals surface area contributed by atoms with Crippen LogP contribution in [-0.4, -0.2) is 39.7 Å². The minimum Gasteiger partial charge on any atom is -0.332 e. The quantitative estimate of drug-likeness (QED) is 0.150. The standard InChI is InChI=1S/C75H47N9/c76-44-50-41-49(75-79-73(47-21-5-1-6-22-47)78-74(80-75)48-23-7-2-8-24-48)43-61(70(50)84-65-36-20-16-32-60(65)69-67(84)40-38-58-56-30-14-18-34-63(56)83(72(58)69)53-27-11-4-12-28-53)51-42-54(46-77-45-51)81-64-35-19-15-31-59(64)68-66(81)39-37-57-55-29-13-17-33-62(55)82(71(57)68)52-25-9-3-10-26-52/h1-43,45-46,66,68H. The molecule has 6 heterocycles. The Balaban J connectivity index is 0.928. The number of fused-ring (bicyclic) bond motifs is 14. The molecule has 15 aromatic rings. The summed E-state index contributed by atoms with van der Waals surface area (Å²) < 4.78 is 7.16. The Bertz CT molecular complexity index is 5170. The number of rotatable bonds is 8. The van der Waals surface area contributed by atoms with Gasteiger partial charge in [-0.15, -0.1) is 0 Å². The molecule has 10 aromatic carbocycles. The fourth-order valence-electron chi connectivity index (χ4n) is 13.6. The Morgan fingerprint density at radius 3 is 1.65 bits per heavy atom. The summed E-state index contributed by atoms with van der Waals surface area (Å²) in [5, 5.41) is 17.6. The molecule has 2 atom stereocenters. The Morgan fingerprint density at radius 2 is 0.976 bits per heavy atom. The SMILES string of the molecule is N#Cc1cc(-c2nc(-c3ccccc3)nc(-c3ccccc3)n2)cc(-c2cncc(N3c4ccccc4C4c5c(c6ccccc6n5-c5ccccc5)C=CC43)c2)c1-n1c2ccccc2c2c1ccc1c3ccccc3n(-c3ccccc3)c12. The number of nitrogens with zero attached hydrogens (tertiary/aromatic N) is 9. The molecule has 0 spiro atoms. The highest BCUT2D eigenvalue weighted by molar-refractivity contribution is 6.26. The first kappa shape index (κ1) is 47.3. The summed E-state index contributed by atoms with van der Waals surface area (Å²) in [5.41, 5.74) is 18.5. The fraction of sp³-hybridized carbons (Fsp3) is 0.0267. The summed E-state index contributed by atoms with van der Waals surface area (Å²) in [6.07, 6.45) is 8.63. The van der Waals surface area contributed by atoms with Gasteiger partial charge in [-0.25, -0.2) is 15.0 Å². The van der Waals surface area contributed by atoms with Gasteiger partial charge >= 0.3 is 0 Å². The monoisotopic (exact) mass is 1070 g/mol. The molecule has 9 nitrogen and oxygen atoms in total. The number of hydrogen-bond acceptors (Lipinski definition) is 6. The molecule has 392 valence electrons. The molecule has 0 fully saturated rings. The second-order valence-electron chi connectivity index (χ2n) is 21.6. The molecule has 0 saturated heterocycles. The summed E-state index contributed by atoms with van der Waals surface area (Å²) in [5.74, 6) is 1.50. The van der Waals surface area contributed by atoms with Crippen LogP contribution >= 0.6 is 0 Å². The molecule has 1 aliphatic carbocycles. The van der Waals surface area contributed by atoms with Gasteiger partial charge in [-0.05, 0) is 78.4 Å². The van der Waals surface area contributed by atoms with Crippen molar-refractivity contribution in [2.75, 3.05) is 4.90 Å². The van der Waals surface area contributed by atoms with Crippen molar-refractivity contribution < 1.29 is 0 Å². The van der Waals surface area contributed by atoms with E-state index in [2.05, 4.69) is 219 Å². The largest absolute Gasteiger partial charge is 0.332 e. The lowest BCUT2D eigenvalue weighted by Gasteiger charge is -2.31. The van der Waals surface area contributed by atoms with Crippen LogP contribution in [0.3, 0.4) is 0 Å². The highest BCUT2D eigenvalue weighted by Gasteiger charge is 2.44. The molecule has 0 N–H and O–H groups in total. The van der Waals surface area contributed by atoms with Crippen molar-refractivity contribution in [1.82, 2.24) is 33.6 Å². The topological polar surface area (TPSA) is 93.4 Å². The Hall–Kier alpha value is -11.5. The summed E-state index contributed by atoms with van der Waals surface area (Å²) in [6.45, 7) is 0. The van der Waals surface area contributed by atoms with Crippen molar-refractivity contribution in [3.8, 4) is 68.4 Å². The first-order valence-corrected chi connectivity index (χ1v) is 28.3. The van der Waals surface area contributed by atoms with Crippen molar-refractivity contribution in [1.29, 1.82) is 5.26 Å². The van der Waals surface area contributed by atoms with Gasteiger partial charge in [0.1, 0.15) is 6.07 Å². The van der Waals surface area contributed by atoms with Crippen LogP contribution in [0.5, 0.6) is 0 Å². The van der Waals surface area contributed by atoms with Gasteiger partial charge in [0.15, 0.2) is 17.5 Å². The van der Waals surface area contributed by atoms with E-state index >= 15 is 0 Å². The highest BCUT2D eigenvalue weighted by Crippen LogP contribution is 2.54. The molecule has 0 bridgehead atoms. The van der Waals surface area contributed by atoms with E-state index in [0.717, 1.165) is 88.9 Å². The smallest absolute Gasteiger partial charge is 0.164 e. The van der Waals surface area contributed by atoms with Crippen molar-refractivity contribution in [2.45, 2.75) is 12.0 Å². The molecule has 9 heteroatoms. The third-order valence-electron chi connectivity index (χ3n) is 17.1. The average molecular weight is 1070 g/mol. The van der Waals surface area contributed by atoms with Crippen LogP contribution in [0, 0.1) is 11.3 Å². The zero-order valence-electron chi connectivity index (χ0n) is 45.2. The van der Waals surface area contributed by atoms with Crippen molar-refractivity contribution in [2.24, 2.45) is 0 Å². The van der Waals surface area contributed by atoms with Gasteiger partial charge < -0.3 is 18.6 Å². The zero-order valence-corrected chi connectivity index (χ0v) is 45.2. The third kappa shape index (κ3) is 7.14. The van der Waals surface area contributed by atoms with E-state index in [1.807, 2.05) is 79.1 Å². The van der Waals surface area contributed by atoms with E-state index in [-0.39, 0.29) is 12.0 Å². The molecule has 17 rings (SSSR count). The van der Waals surface area contributed by atoms with Gasteiger partial charge in [0.2, 0.25) is 0 Å². The molecule has 0 radical (unpaired) electrons. The summed E-state index contributed by atoms with van der Waals surface area (Å²) in [6, 6.07) is 89.7. The number of benzene rings is 10. The maximum atomic E-state index is 11.9. The molecule has 2 unspecified atom stereocenters. The van der Waals surface area contributed by atoms with Crippen molar-refractivity contribution in [3.63, 3.8) is 0 Å². The van der Waals surface area contributed by atoms with E-state index in [1.165, 1.54) is 33.1 Å². The summed E-state index contributed by atoms with van der Waals surface area (Å²) in [4.78, 5) is 23.2. The highest BCUT2D eigenvalue weighted by atomic mass is 15.2. The van der Waals surface area contributed by atoms with Gasteiger partial charge in [-0.2, -0.15) is 5.26 Å². The summed E-state index contributed by atoms with van der Waals surface area (Å²) in [7, 11) is 0. The minimum atomic E-state index is -0.0895. The number of pyridine rings is 1. The van der Waals surface area contributed by atoms with E-state index in [9.17, 15) is 5.26 Å². The zero-order chi connectivity index (χ0) is 55.4. The molecule has 0 saturated carbocycles. The van der Waals surface area contributed by atoms with Crippen LogP contribution in [-0.2, 0) is 0 Å². The lowest BCUT2D eigenvalue weighted by Crippen LogP contribution is -2.31. The van der Waals surface area contributed by atoms with E-state index in [1.54, 1.807) is 0 Å². The van der Waals surface area contributed by atoms with Crippen LogP contribution in [0.2, 0.25) is 0 Å². The molecule has 1 aliphatic heterocycles. The van der Waals surface area contributed by atoms with Crippen LogP contribution in [0.25, 0.3) is 123 Å². The maximum absolute atomic E-state index is 11.9. The number of anilines is 2. The average Bonchev–Trinajstić information content (AvgIpc) is 1.67. The van der Waals surface area contributed by atoms with Gasteiger partial charge in [0, 0.05) is 89.3 Å². The van der Waals surface area contributed by atoms with Crippen LogP contribution in [0.1, 0.15) is 28.3 Å². The fourth-order valence-corrected chi connectivity index (χ4v) is 13.6. The molecule has 0 amide bonds. The molecule has 2 aliphatic rings. The van der Waals surface area contributed by atoms with Gasteiger partial charge in [0.25, 0.3) is 0 Å².